The number of amides is 1. The van der Waals surface area contributed by atoms with Gasteiger partial charge in [0, 0.05) is 12.1 Å². The molecule has 24 heavy (non-hydrogen) atoms. The summed E-state index contributed by atoms with van der Waals surface area (Å²) in [4.78, 5) is 24.3. The molecule has 1 aliphatic carbocycles. The summed E-state index contributed by atoms with van der Waals surface area (Å²) in [5.74, 6) is -0.279. The summed E-state index contributed by atoms with van der Waals surface area (Å²) in [7, 11) is 0. The number of nitrogens with zero attached hydrogens (tertiary/aromatic N) is 2. The predicted octanol–water partition coefficient (Wildman–Crippen LogP) is 1.32. The lowest BCUT2D eigenvalue weighted by atomic mass is 9.93. The van der Waals surface area contributed by atoms with Crippen LogP contribution in [0.25, 0.3) is 0 Å². The van der Waals surface area contributed by atoms with Gasteiger partial charge in [-0.1, -0.05) is 30.3 Å². The molecule has 0 aliphatic heterocycles. The maximum absolute atomic E-state index is 12.4. The number of aliphatic hydroxyl groups is 1. The van der Waals surface area contributed by atoms with Crippen LogP contribution in [-0.4, -0.2) is 32.9 Å². The van der Waals surface area contributed by atoms with E-state index in [1.807, 2.05) is 30.3 Å². The molecule has 2 aromatic rings. The van der Waals surface area contributed by atoms with Crippen LogP contribution in [0.1, 0.15) is 41.7 Å². The monoisotopic (exact) mass is 327 g/mol. The summed E-state index contributed by atoms with van der Waals surface area (Å²) in [5, 5.41) is 16.7. The fourth-order valence-electron chi connectivity index (χ4n) is 2.92. The van der Waals surface area contributed by atoms with Crippen molar-refractivity contribution in [3.8, 4) is 0 Å². The summed E-state index contributed by atoms with van der Waals surface area (Å²) in [5.41, 5.74) is 0.943. The maximum Gasteiger partial charge on any atom is 0.271 e. The molecule has 126 valence electrons. The minimum absolute atomic E-state index is 0.0530. The maximum atomic E-state index is 12.4. The zero-order valence-electron chi connectivity index (χ0n) is 13.4. The second-order valence-electron chi connectivity index (χ2n) is 6.18. The van der Waals surface area contributed by atoms with E-state index in [4.69, 9.17) is 0 Å². The number of nitrogens with one attached hydrogen (secondary N) is 1. The molecule has 1 heterocycles. The summed E-state index contributed by atoms with van der Waals surface area (Å²) >= 11 is 0. The van der Waals surface area contributed by atoms with Gasteiger partial charge in [0.25, 0.3) is 11.5 Å². The first-order valence-electron chi connectivity index (χ1n) is 8.23. The minimum Gasteiger partial charge on any atom is -0.393 e. The Morgan fingerprint density at radius 2 is 1.83 bits per heavy atom. The highest BCUT2D eigenvalue weighted by Gasteiger charge is 2.22. The predicted molar refractivity (Wildman–Crippen MR) is 89.8 cm³/mol. The molecule has 0 bridgehead atoms. The van der Waals surface area contributed by atoms with Crippen LogP contribution in [0.3, 0.4) is 0 Å². The molecule has 0 unspecified atom stereocenters. The number of hydrogen-bond donors (Lipinski definition) is 2. The number of benzene rings is 1. The third-order valence-corrected chi connectivity index (χ3v) is 4.31. The van der Waals surface area contributed by atoms with E-state index in [1.165, 1.54) is 16.8 Å². The Morgan fingerprint density at radius 1 is 1.12 bits per heavy atom. The van der Waals surface area contributed by atoms with Crippen LogP contribution in [0.4, 0.5) is 0 Å². The summed E-state index contributed by atoms with van der Waals surface area (Å²) < 4.78 is 1.30. The van der Waals surface area contributed by atoms with E-state index in [0.717, 1.165) is 18.4 Å². The SMILES string of the molecule is O=C(NC1CCC(O)CC1)c1ccc(=O)n(Cc2ccccc2)n1. The molecule has 6 nitrogen and oxygen atoms in total. The highest BCUT2D eigenvalue weighted by molar-refractivity contribution is 5.92. The number of rotatable bonds is 4. The molecular formula is C18H21N3O3. The van der Waals surface area contributed by atoms with Gasteiger partial charge >= 0.3 is 0 Å². The number of hydrogen-bond acceptors (Lipinski definition) is 4. The van der Waals surface area contributed by atoms with Gasteiger partial charge in [-0.3, -0.25) is 9.59 Å². The Labute approximate surface area is 140 Å². The van der Waals surface area contributed by atoms with Gasteiger partial charge in [0.1, 0.15) is 5.69 Å². The van der Waals surface area contributed by atoms with E-state index >= 15 is 0 Å². The lowest BCUT2D eigenvalue weighted by Gasteiger charge is -2.26. The normalized spacial score (nSPS) is 20.5. The van der Waals surface area contributed by atoms with Gasteiger partial charge in [0.05, 0.1) is 12.6 Å². The smallest absolute Gasteiger partial charge is 0.271 e. The number of carbonyl (C=O) groups excluding carboxylic acids is 1. The van der Waals surface area contributed by atoms with Crippen molar-refractivity contribution >= 4 is 5.91 Å². The van der Waals surface area contributed by atoms with Crippen LogP contribution in [0.15, 0.2) is 47.3 Å². The van der Waals surface area contributed by atoms with Crippen molar-refractivity contribution in [3.05, 3.63) is 64.1 Å². The molecule has 1 fully saturated rings. The van der Waals surface area contributed by atoms with Crippen molar-refractivity contribution in [3.63, 3.8) is 0 Å². The molecule has 6 heteroatoms. The van der Waals surface area contributed by atoms with Crippen LogP contribution in [0, 0.1) is 0 Å². The summed E-state index contributed by atoms with van der Waals surface area (Å²) in [6, 6.07) is 12.4. The van der Waals surface area contributed by atoms with Crippen molar-refractivity contribution in [2.24, 2.45) is 0 Å². The van der Waals surface area contributed by atoms with Gasteiger partial charge in [-0.2, -0.15) is 5.10 Å². The Bertz CT molecular complexity index is 750. The van der Waals surface area contributed by atoms with E-state index in [1.54, 1.807) is 0 Å². The molecule has 0 radical (unpaired) electrons. The molecular weight excluding hydrogens is 306 g/mol. The number of aliphatic hydroxyl groups excluding tert-OH is 1. The zero-order chi connectivity index (χ0) is 16.9. The molecule has 1 aromatic heterocycles. The lowest BCUT2D eigenvalue weighted by molar-refractivity contribution is 0.0861. The molecule has 1 amide bonds. The second kappa shape index (κ2) is 7.40. The third-order valence-electron chi connectivity index (χ3n) is 4.31. The van der Waals surface area contributed by atoms with Gasteiger partial charge in [-0.05, 0) is 37.3 Å². The van der Waals surface area contributed by atoms with Crippen molar-refractivity contribution in [1.82, 2.24) is 15.1 Å². The second-order valence-corrected chi connectivity index (χ2v) is 6.18. The van der Waals surface area contributed by atoms with Gasteiger partial charge in [0.2, 0.25) is 0 Å². The fourth-order valence-corrected chi connectivity index (χ4v) is 2.92. The molecule has 1 aliphatic rings. The fraction of sp³-hybridized carbons (Fsp3) is 0.389. The Hall–Kier alpha value is -2.47. The standard InChI is InChI=1S/C18H21N3O3/c22-15-8-6-14(7-9-15)19-18(24)16-10-11-17(23)21(20-16)12-13-4-2-1-3-5-13/h1-5,10-11,14-15,22H,6-9,12H2,(H,19,24). The average Bonchev–Trinajstić information content (AvgIpc) is 2.60. The van der Waals surface area contributed by atoms with Gasteiger partial charge in [0.15, 0.2) is 0 Å². The van der Waals surface area contributed by atoms with E-state index in [-0.39, 0.29) is 29.3 Å². The largest absolute Gasteiger partial charge is 0.393 e. The van der Waals surface area contributed by atoms with Crippen LogP contribution in [0.5, 0.6) is 0 Å². The van der Waals surface area contributed by atoms with E-state index < -0.39 is 0 Å². The van der Waals surface area contributed by atoms with Crippen molar-refractivity contribution < 1.29 is 9.90 Å². The van der Waals surface area contributed by atoms with Crippen molar-refractivity contribution in [1.29, 1.82) is 0 Å². The topological polar surface area (TPSA) is 84.2 Å². The van der Waals surface area contributed by atoms with E-state index in [2.05, 4.69) is 10.4 Å². The summed E-state index contributed by atoms with van der Waals surface area (Å²) in [6.45, 7) is 0.330. The highest BCUT2D eigenvalue weighted by Crippen LogP contribution is 2.18. The lowest BCUT2D eigenvalue weighted by Crippen LogP contribution is -2.39. The van der Waals surface area contributed by atoms with Gasteiger partial charge < -0.3 is 10.4 Å². The van der Waals surface area contributed by atoms with Crippen molar-refractivity contribution in [2.75, 3.05) is 0 Å². The van der Waals surface area contributed by atoms with E-state index in [0.29, 0.717) is 19.4 Å². The third kappa shape index (κ3) is 4.08. The molecule has 2 N–H and O–H groups in total. The zero-order valence-corrected chi connectivity index (χ0v) is 13.4. The molecule has 0 atom stereocenters. The van der Waals surface area contributed by atoms with Crippen LogP contribution in [-0.2, 0) is 6.54 Å². The van der Waals surface area contributed by atoms with Crippen molar-refractivity contribution in [2.45, 2.75) is 44.4 Å². The van der Waals surface area contributed by atoms with E-state index in [9.17, 15) is 14.7 Å². The Morgan fingerprint density at radius 3 is 2.54 bits per heavy atom. The Kier molecular flexibility index (Phi) is 5.05. The van der Waals surface area contributed by atoms with Crippen LogP contribution >= 0.6 is 0 Å². The Balaban J connectivity index is 1.70. The molecule has 0 spiro atoms. The number of aromatic nitrogens is 2. The van der Waals surface area contributed by atoms with Crippen LogP contribution in [0.2, 0.25) is 0 Å². The number of carbonyl (C=O) groups is 1. The quantitative estimate of drug-likeness (QED) is 0.887. The van der Waals surface area contributed by atoms with Gasteiger partial charge in [-0.15, -0.1) is 0 Å². The summed E-state index contributed by atoms with van der Waals surface area (Å²) in [6.07, 6.45) is 2.66. The first-order valence-corrected chi connectivity index (χ1v) is 8.23. The first kappa shape index (κ1) is 16.4. The van der Waals surface area contributed by atoms with Gasteiger partial charge in [-0.25, -0.2) is 4.68 Å². The first-order chi connectivity index (χ1) is 11.6. The molecule has 1 aromatic carbocycles. The van der Waals surface area contributed by atoms with Crippen LogP contribution < -0.4 is 10.9 Å². The molecule has 1 saturated carbocycles. The molecule has 0 saturated heterocycles. The average molecular weight is 327 g/mol. The minimum atomic E-state index is -0.279. The highest BCUT2D eigenvalue weighted by atomic mass is 16.3. The molecule has 3 rings (SSSR count).